The second-order valence-electron chi connectivity index (χ2n) is 8.60. The van der Waals surface area contributed by atoms with E-state index in [0.29, 0.717) is 18.4 Å². The van der Waals surface area contributed by atoms with E-state index in [1.165, 1.54) is 4.90 Å². The van der Waals surface area contributed by atoms with E-state index >= 15 is 0 Å². The molecular weight excluding hydrogens is 428 g/mol. The number of piperidine rings is 1. The first-order valence-electron chi connectivity index (χ1n) is 11.4. The third-order valence-corrected chi connectivity index (χ3v) is 7.59. The van der Waals surface area contributed by atoms with Gasteiger partial charge in [0.2, 0.25) is 0 Å². The van der Waals surface area contributed by atoms with Gasteiger partial charge in [-0.3, -0.25) is 9.69 Å². The standard InChI is InChI=1S/C27H28N4OS/c28-26-29-27(22-10-4-1-5-11-22,23-12-6-2-7-13-23)25(32)31(26)20-21-16-18-30(19-17-21)33-24-14-8-3-9-15-24/h1-15,21H,16-20H2,(H2,28,29). The summed E-state index contributed by atoms with van der Waals surface area (Å²) in [5.74, 6) is 0.657. The largest absolute Gasteiger partial charge is 0.369 e. The van der Waals surface area contributed by atoms with Crippen LogP contribution >= 0.6 is 11.9 Å². The molecule has 5 rings (SSSR count). The van der Waals surface area contributed by atoms with Crippen LogP contribution in [0, 0.1) is 5.92 Å². The summed E-state index contributed by atoms with van der Waals surface area (Å²) in [4.78, 5) is 21.7. The van der Waals surface area contributed by atoms with Crippen LogP contribution in [0.2, 0.25) is 0 Å². The molecule has 0 saturated carbocycles. The number of amides is 1. The molecule has 3 aromatic carbocycles. The minimum atomic E-state index is -1.11. The SMILES string of the molecule is NC1=NC(c2ccccc2)(c2ccccc2)C(=O)N1CC1CCN(Sc2ccccc2)CC1. The highest BCUT2D eigenvalue weighted by Crippen LogP contribution is 2.40. The number of rotatable bonds is 6. The van der Waals surface area contributed by atoms with Crippen LogP contribution in [0.25, 0.3) is 0 Å². The van der Waals surface area contributed by atoms with Gasteiger partial charge in [-0.05, 0) is 54.0 Å². The lowest BCUT2D eigenvalue weighted by molar-refractivity contribution is -0.130. The normalized spacial score (nSPS) is 19.0. The topological polar surface area (TPSA) is 61.9 Å². The van der Waals surface area contributed by atoms with Gasteiger partial charge in [-0.15, -0.1) is 0 Å². The maximum atomic E-state index is 13.9. The van der Waals surface area contributed by atoms with Crippen molar-refractivity contribution in [1.82, 2.24) is 9.21 Å². The zero-order chi connectivity index (χ0) is 22.7. The molecule has 168 valence electrons. The van der Waals surface area contributed by atoms with Crippen LogP contribution in [-0.2, 0) is 10.3 Å². The fraction of sp³-hybridized carbons (Fsp3) is 0.259. The Balaban J connectivity index is 1.32. The van der Waals surface area contributed by atoms with Crippen LogP contribution in [0.3, 0.4) is 0 Å². The van der Waals surface area contributed by atoms with Gasteiger partial charge in [0.25, 0.3) is 5.91 Å². The quantitative estimate of drug-likeness (QED) is 0.555. The van der Waals surface area contributed by atoms with Crippen molar-refractivity contribution in [3.63, 3.8) is 0 Å². The van der Waals surface area contributed by atoms with Gasteiger partial charge >= 0.3 is 0 Å². The monoisotopic (exact) mass is 456 g/mol. The maximum Gasteiger partial charge on any atom is 0.266 e. The maximum absolute atomic E-state index is 13.9. The van der Waals surface area contributed by atoms with Crippen LogP contribution in [0.5, 0.6) is 0 Å². The van der Waals surface area contributed by atoms with Crippen molar-refractivity contribution in [1.29, 1.82) is 0 Å². The van der Waals surface area contributed by atoms with Crippen LogP contribution in [0.15, 0.2) is 101 Å². The van der Waals surface area contributed by atoms with Crippen molar-refractivity contribution < 1.29 is 4.79 Å². The van der Waals surface area contributed by atoms with Gasteiger partial charge in [-0.2, -0.15) is 0 Å². The highest BCUT2D eigenvalue weighted by atomic mass is 32.2. The fourth-order valence-corrected chi connectivity index (χ4v) is 5.70. The molecule has 2 heterocycles. The van der Waals surface area contributed by atoms with Crippen molar-refractivity contribution in [2.24, 2.45) is 16.6 Å². The molecule has 3 aromatic rings. The van der Waals surface area contributed by atoms with Crippen molar-refractivity contribution in [2.75, 3.05) is 19.6 Å². The van der Waals surface area contributed by atoms with Gasteiger partial charge < -0.3 is 5.73 Å². The van der Waals surface area contributed by atoms with Crippen LogP contribution in [0.1, 0.15) is 24.0 Å². The Hall–Kier alpha value is -3.09. The molecule has 1 saturated heterocycles. The summed E-state index contributed by atoms with van der Waals surface area (Å²) in [6, 6.07) is 30.0. The average Bonchev–Trinajstić information content (AvgIpc) is 3.12. The predicted molar refractivity (Wildman–Crippen MR) is 134 cm³/mol. The van der Waals surface area contributed by atoms with E-state index in [1.54, 1.807) is 4.90 Å². The van der Waals surface area contributed by atoms with E-state index in [2.05, 4.69) is 28.6 Å². The molecule has 0 radical (unpaired) electrons. The van der Waals surface area contributed by atoms with Gasteiger partial charge in [0, 0.05) is 24.5 Å². The lowest BCUT2D eigenvalue weighted by Crippen LogP contribution is -2.46. The number of guanidine groups is 1. The van der Waals surface area contributed by atoms with Gasteiger partial charge in [0.1, 0.15) is 0 Å². The smallest absolute Gasteiger partial charge is 0.266 e. The third kappa shape index (κ3) is 4.28. The van der Waals surface area contributed by atoms with Gasteiger partial charge in [-0.25, -0.2) is 9.30 Å². The number of nitrogens with zero attached hydrogens (tertiary/aromatic N) is 3. The Morgan fingerprint density at radius 1 is 0.848 bits per heavy atom. The number of nitrogens with two attached hydrogens (primary N) is 1. The Bertz CT molecular complexity index is 1070. The Morgan fingerprint density at radius 2 is 1.36 bits per heavy atom. The van der Waals surface area contributed by atoms with Crippen molar-refractivity contribution in [3.05, 3.63) is 102 Å². The second-order valence-corrected chi connectivity index (χ2v) is 9.78. The Kier molecular flexibility index (Phi) is 6.20. The van der Waals surface area contributed by atoms with E-state index in [0.717, 1.165) is 37.1 Å². The predicted octanol–water partition coefficient (Wildman–Crippen LogP) is 4.51. The molecule has 2 aliphatic heterocycles. The summed E-state index contributed by atoms with van der Waals surface area (Å²) in [6.45, 7) is 2.59. The van der Waals surface area contributed by atoms with E-state index < -0.39 is 5.54 Å². The fourth-order valence-electron chi connectivity index (χ4n) is 4.73. The summed E-state index contributed by atoms with van der Waals surface area (Å²) >= 11 is 1.81. The number of benzene rings is 3. The van der Waals surface area contributed by atoms with Gasteiger partial charge in [0.05, 0.1) is 0 Å². The zero-order valence-electron chi connectivity index (χ0n) is 18.5. The van der Waals surface area contributed by atoms with Crippen LogP contribution < -0.4 is 5.73 Å². The molecule has 1 fully saturated rings. The molecule has 2 aliphatic rings. The first-order chi connectivity index (χ1) is 16.2. The van der Waals surface area contributed by atoms with Gasteiger partial charge in [-0.1, -0.05) is 78.9 Å². The molecule has 0 unspecified atom stereocenters. The molecule has 0 spiro atoms. The second kappa shape index (κ2) is 9.41. The Labute approximate surface area is 199 Å². The molecule has 6 heteroatoms. The zero-order valence-corrected chi connectivity index (χ0v) is 19.3. The Morgan fingerprint density at radius 3 is 1.91 bits per heavy atom. The number of hydrogen-bond donors (Lipinski definition) is 1. The van der Waals surface area contributed by atoms with E-state index in [4.69, 9.17) is 10.7 Å². The van der Waals surface area contributed by atoms with Crippen molar-refractivity contribution >= 4 is 23.8 Å². The molecule has 1 amide bonds. The molecule has 0 aliphatic carbocycles. The minimum Gasteiger partial charge on any atom is -0.369 e. The molecule has 5 nitrogen and oxygen atoms in total. The van der Waals surface area contributed by atoms with Crippen LogP contribution in [-0.4, -0.2) is 40.7 Å². The number of carbonyl (C=O) groups excluding carboxylic acids is 1. The van der Waals surface area contributed by atoms with Crippen LogP contribution in [0.4, 0.5) is 0 Å². The first kappa shape index (κ1) is 21.7. The molecule has 33 heavy (non-hydrogen) atoms. The number of carbonyl (C=O) groups is 1. The van der Waals surface area contributed by atoms with Crippen molar-refractivity contribution in [2.45, 2.75) is 23.3 Å². The van der Waals surface area contributed by atoms with E-state index in [9.17, 15) is 4.79 Å². The summed E-state index contributed by atoms with van der Waals surface area (Å²) in [5.41, 5.74) is 6.99. The molecule has 0 bridgehead atoms. The number of hydrogen-bond acceptors (Lipinski definition) is 5. The lowest BCUT2D eigenvalue weighted by atomic mass is 9.82. The van der Waals surface area contributed by atoms with E-state index in [-0.39, 0.29) is 5.91 Å². The summed E-state index contributed by atoms with van der Waals surface area (Å²) < 4.78 is 2.41. The highest BCUT2D eigenvalue weighted by Gasteiger charge is 2.50. The summed E-state index contributed by atoms with van der Waals surface area (Å²) in [5, 5.41) is 0. The number of aliphatic imine (C=N–C) groups is 1. The molecule has 2 N–H and O–H groups in total. The van der Waals surface area contributed by atoms with E-state index in [1.807, 2.05) is 78.7 Å². The summed E-state index contributed by atoms with van der Waals surface area (Å²) in [6.07, 6.45) is 2.06. The highest BCUT2D eigenvalue weighted by molar-refractivity contribution is 7.97. The minimum absolute atomic E-state index is 0.0570. The molecule has 0 atom stereocenters. The van der Waals surface area contributed by atoms with Crippen molar-refractivity contribution in [3.8, 4) is 0 Å². The molecule has 0 aromatic heterocycles. The lowest BCUT2D eigenvalue weighted by Gasteiger charge is -2.33. The first-order valence-corrected chi connectivity index (χ1v) is 12.2. The van der Waals surface area contributed by atoms with Gasteiger partial charge in [0.15, 0.2) is 11.5 Å². The third-order valence-electron chi connectivity index (χ3n) is 6.49. The molecular formula is C27H28N4OS. The average molecular weight is 457 g/mol. The summed E-state index contributed by atoms with van der Waals surface area (Å²) in [7, 11) is 0.